The fourth-order valence-electron chi connectivity index (χ4n) is 1.73. The number of nitrogens with two attached hydrogens (primary N) is 1. The molecule has 134 valence electrons. The second kappa shape index (κ2) is 11.9. The highest BCUT2D eigenvalue weighted by atomic mass is 35.5. The molecule has 0 spiro atoms. The van der Waals surface area contributed by atoms with Crippen LogP contribution in [0.15, 0.2) is 18.2 Å². The zero-order chi connectivity index (χ0) is 17.8. The summed E-state index contributed by atoms with van der Waals surface area (Å²) >= 11 is 7.67. The third kappa shape index (κ3) is 8.88. The summed E-state index contributed by atoms with van der Waals surface area (Å²) in [5, 5.41) is 5.78. The number of benzene rings is 1. The van der Waals surface area contributed by atoms with Gasteiger partial charge in [0.25, 0.3) is 0 Å². The summed E-state index contributed by atoms with van der Waals surface area (Å²) in [5.41, 5.74) is 7.32. The predicted octanol–water partition coefficient (Wildman–Crippen LogP) is 2.80. The lowest BCUT2D eigenvalue weighted by Crippen LogP contribution is -2.37. The normalized spacial score (nSPS) is 10.2. The van der Waals surface area contributed by atoms with Crippen LogP contribution in [0, 0.1) is 0 Å². The van der Waals surface area contributed by atoms with Crippen LogP contribution in [0.5, 0.6) is 0 Å². The van der Waals surface area contributed by atoms with E-state index in [-0.39, 0.29) is 12.5 Å². The van der Waals surface area contributed by atoms with Gasteiger partial charge in [-0.15, -0.1) is 11.8 Å². The molecule has 0 aromatic heterocycles. The summed E-state index contributed by atoms with van der Waals surface area (Å²) in [6.07, 6.45) is 1.99. The second-order valence-electron chi connectivity index (χ2n) is 5.10. The highest BCUT2D eigenvalue weighted by Crippen LogP contribution is 2.20. The first-order chi connectivity index (χ1) is 11.5. The van der Waals surface area contributed by atoms with Crippen molar-refractivity contribution in [3.63, 3.8) is 0 Å². The van der Waals surface area contributed by atoms with Crippen LogP contribution < -0.4 is 16.4 Å². The zero-order valence-electron chi connectivity index (χ0n) is 13.8. The first kappa shape index (κ1) is 20.4. The van der Waals surface area contributed by atoms with Gasteiger partial charge in [0, 0.05) is 10.7 Å². The number of aryl methyl sites for hydroxylation is 1. The molecule has 4 N–H and O–H groups in total. The van der Waals surface area contributed by atoms with Gasteiger partial charge in [0.1, 0.15) is 6.54 Å². The molecule has 0 saturated carbocycles. The van der Waals surface area contributed by atoms with Gasteiger partial charge < -0.3 is 21.1 Å². The number of carbonyl (C=O) groups is 2. The second-order valence-corrected chi connectivity index (χ2v) is 6.61. The van der Waals surface area contributed by atoms with Crippen molar-refractivity contribution >= 4 is 41.1 Å². The van der Waals surface area contributed by atoms with Crippen LogP contribution in [0.25, 0.3) is 0 Å². The highest BCUT2D eigenvalue weighted by molar-refractivity contribution is 7.99. The number of nitrogens with one attached hydrogen (secondary N) is 2. The summed E-state index contributed by atoms with van der Waals surface area (Å²) in [4.78, 5) is 22.8. The van der Waals surface area contributed by atoms with Gasteiger partial charge in [0.05, 0.1) is 12.5 Å². The molecule has 0 unspecified atom stereocenters. The van der Waals surface area contributed by atoms with Crippen LogP contribution in [0.3, 0.4) is 0 Å². The van der Waals surface area contributed by atoms with Crippen molar-refractivity contribution in [3.8, 4) is 0 Å². The van der Waals surface area contributed by atoms with Gasteiger partial charge in [-0.3, -0.25) is 4.79 Å². The maximum atomic E-state index is 11.6. The minimum Gasteiger partial charge on any atom is -0.450 e. The van der Waals surface area contributed by atoms with E-state index < -0.39 is 6.09 Å². The topological polar surface area (TPSA) is 93.4 Å². The number of anilines is 1. The van der Waals surface area contributed by atoms with Gasteiger partial charge >= 0.3 is 6.09 Å². The summed E-state index contributed by atoms with van der Waals surface area (Å²) in [5.74, 6) is 1.04. The number of halogens is 1. The molecule has 0 saturated heterocycles. The number of carbonyl (C=O) groups excluding carboxylic acids is 2. The van der Waals surface area contributed by atoms with Gasteiger partial charge in [-0.1, -0.05) is 31.0 Å². The number of unbranched alkanes of at least 4 members (excludes halogenated alkanes) is 1. The SMILES string of the molecule is CCCCOC(=O)NCC(=O)NCSCCc1ccc(N)cc1Cl. The zero-order valence-corrected chi connectivity index (χ0v) is 15.3. The Labute approximate surface area is 151 Å². The van der Waals surface area contributed by atoms with Crippen LogP contribution in [-0.4, -0.2) is 36.8 Å². The monoisotopic (exact) mass is 373 g/mol. The number of amides is 2. The molecule has 6 nitrogen and oxygen atoms in total. The average Bonchev–Trinajstić information content (AvgIpc) is 2.54. The summed E-state index contributed by atoms with van der Waals surface area (Å²) in [6.45, 7) is 2.29. The van der Waals surface area contributed by atoms with Gasteiger partial charge in [0.15, 0.2) is 0 Å². The third-order valence-electron chi connectivity index (χ3n) is 3.09. The average molecular weight is 374 g/mol. The van der Waals surface area contributed by atoms with E-state index in [4.69, 9.17) is 22.1 Å². The lowest BCUT2D eigenvalue weighted by Gasteiger charge is -2.08. The Bertz CT molecular complexity index is 543. The van der Waals surface area contributed by atoms with E-state index in [0.717, 1.165) is 30.6 Å². The standard InChI is InChI=1S/C16H24ClN3O3S/c1-2-3-7-23-16(22)19-10-15(21)20-11-24-8-6-12-4-5-13(18)9-14(12)17/h4-5,9H,2-3,6-8,10-11,18H2,1H3,(H,19,22)(H,20,21). The van der Waals surface area contributed by atoms with Crippen LogP contribution in [0.4, 0.5) is 10.5 Å². The molecule has 0 bridgehead atoms. The number of thioether (sulfide) groups is 1. The van der Waals surface area contributed by atoms with Gasteiger partial charge in [-0.2, -0.15) is 0 Å². The van der Waals surface area contributed by atoms with Gasteiger partial charge in [0.2, 0.25) is 5.91 Å². The molecule has 0 fully saturated rings. The molecule has 0 heterocycles. The molecule has 0 atom stereocenters. The van der Waals surface area contributed by atoms with Crippen molar-refractivity contribution in [2.24, 2.45) is 0 Å². The van der Waals surface area contributed by atoms with Crippen molar-refractivity contribution in [1.29, 1.82) is 0 Å². The smallest absolute Gasteiger partial charge is 0.407 e. The summed E-state index contributed by atoms with van der Waals surface area (Å²) in [6, 6.07) is 5.46. The van der Waals surface area contributed by atoms with E-state index in [1.165, 1.54) is 0 Å². The summed E-state index contributed by atoms with van der Waals surface area (Å²) in [7, 11) is 0. The lowest BCUT2D eigenvalue weighted by atomic mass is 10.1. The number of hydrogen-bond donors (Lipinski definition) is 3. The largest absolute Gasteiger partial charge is 0.450 e. The van der Waals surface area contributed by atoms with Crippen molar-refractivity contribution in [2.75, 3.05) is 30.5 Å². The fraction of sp³-hybridized carbons (Fsp3) is 0.500. The Hall–Kier alpha value is -1.60. The molecule has 8 heteroatoms. The Kier molecular flexibility index (Phi) is 10.1. The number of hydrogen-bond acceptors (Lipinski definition) is 5. The maximum Gasteiger partial charge on any atom is 0.407 e. The Morgan fingerprint density at radius 1 is 1.33 bits per heavy atom. The number of nitrogen functional groups attached to an aromatic ring is 1. The quantitative estimate of drug-likeness (QED) is 0.333. The number of rotatable bonds is 10. The van der Waals surface area contributed by atoms with Crippen LogP contribution in [-0.2, 0) is 16.0 Å². The van der Waals surface area contributed by atoms with Crippen LogP contribution in [0.2, 0.25) is 5.02 Å². The van der Waals surface area contributed by atoms with Crippen molar-refractivity contribution in [1.82, 2.24) is 10.6 Å². The molecule has 0 aliphatic carbocycles. The fourth-order valence-corrected chi connectivity index (χ4v) is 2.78. The van der Waals surface area contributed by atoms with E-state index in [2.05, 4.69) is 10.6 Å². The number of ether oxygens (including phenoxy) is 1. The van der Waals surface area contributed by atoms with Crippen molar-refractivity contribution < 1.29 is 14.3 Å². The molecule has 1 aromatic rings. The predicted molar refractivity (Wildman–Crippen MR) is 99.3 cm³/mol. The highest BCUT2D eigenvalue weighted by Gasteiger charge is 2.06. The Balaban J connectivity index is 2.08. The lowest BCUT2D eigenvalue weighted by molar-refractivity contribution is -0.119. The van der Waals surface area contributed by atoms with Crippen molar-refractivity contribution in [3.05, 3.63) is 28.8 Å². The maximum absolute atomic E-state index is 11.6. The molecular formula is C16H24ClN3O3S. The van der Waals surface area contributed by atoms with E-state index in [0.29, 0.717) is 23.2 Å². The van der Waals surface area contributed by atoms with Crippen molar-refractivity contribution in [2.45, 2.75) is 26.2 Å². The van der Waals surface area contributed by atoms with Gasteiger partial charge in [-0.05, 0) is 36.3 Å². The minimum atomic E-state index is -0.566. The van der Waals surface area contributed by atoms with Crippen LogP contribution >= 0.6 is 23.4 Å². The Morgan fingerprint density at radius 2 is 2.12 bits per heavy atom. The molecule has 24 heavy (non-hydrogen) atoms. The van der Waals surface area contributed by atoms with Gasteiger partial charge in [-0.25, -0.2) is 4.79 Å². The van der Waals surface area contributed by atoms with E-state index in [9.17, 15) is 9.59 Å². The summed E-state index contributed by atoms with van der Waals surface area (Å²) < 4.78 is 4.89. The molecule has 1 aromatic carbocycles. The molecule has 0 aliphatic heterocycles. The molecule has 0 aliphatic rings. The van der Waals surface area contributed by atoms with E-state index >= 15 is 0 Å². The Morgan fingerprint density at radius 3 is 2.83 bits per heavy atom. The molecule has 0 radical (unpaired) electrons. The number of alkyl carbamates (subject to hydrolysis) is 1. The first-order valence-electron chi connectivity index (χ1n) is 7.82. The first-order valence-corrected chi connectivity index (χ1v) is 9.35. The molecule has 2 amide bonds. The van der Waals surface area contributed by atoms with Crippen LogP contribution in [0.1, 0.15) is 25.3 Å². The molecular weight excluding hydrogens is 350 g/mol. The van der Waals surface area contributed by atoms with E-state index in [1.807, 2.05) is 19.1 Å². The van der Waals surface area contributed by atoms with E-state index in [1.54, 1.807) is 17.8 Å². The third-order valence-corrected chi connectivity index (χ3v) is 4.28. The minimum absolute atomic E-state index is 0.0880. The molecule has 1 rings (SSSR count).